The van der Waals surface area contributed by atoms with E-state index in [1.807, 2.05) is 0 Å². The highest BCUT2D eigenvalue weighted by atomic mass is 19.2. The Labute approximate surface area is 160 Å². The summed E-state index contributed by atoms with van der Waals surface area (Å²) in [4.78, 5) is 4.73. The zero-order valence-electron chi connectivity index (χ0n) is 16.3. The van der Waals surface area contributed by atoms with Gasteiger partial charge in [0, 0.05) is 43.4 Å². The van der Waals surface area contributed by atoms with Gasteiger partial charge >= 0.3 is 0 Å². The van der Waals surface area contributed by atoms with Crippen LogP contribution >= 0.6 is 0 Å². The van der Waals surface area contributed by atoms with E-state index in [0.717, 1.165) is 51.4 Å². The molecule has 150 valence electrons. The van der Waals surface area contributed by atoms with Crippen LogP contribution in [0.1, 0.15) is 52.4 Å². The Morgan fingerprint density at radius 1 is 1.11 bits per heavy atom. The molecule has 3 aliphatic rings. The van der Waals surface area contributed by atoms with Gasteiger partial charge in [-0.25, -0.2) is 8.78 Å². The summed E-state index contributed by atoms with van der Waals surface area (Å²) in [5.74, 6) is -1.20. The van der Waals surface area contributed by atoms with Gasteiger partial charge in [0.05, 0.1) is 11.8 Å². The Bertz CT molecular complexity index is 668. The van der Waals surface area contributed by atoms with E-state index in [9.17, 15) is 8.78 Å². The zero-order valence-corrected chi connectivity index (χ0v) is 16.3. The van der Waals surface area contributed by atoms with E-state index in [1.54, 1.807) is 0 Å². The fourth-order valence-corrected chi connectivity index (χ4v) is 5.02. The van der Waals surface area contributed by atoms with Gasteiger partial charge in [-0.1, -0.05) is 0 Å². The van der Waals surface area contributed by atoms with E-state index >= 15 is 0 Å². The maximum Gasteiger partial charge on any atom is 0.162 e. The first-order valence-corrected chi connectivity index (χ1v) is 10.3. The lowest BCUT2D eigenvalue weighted by Crippen LogP contribution is -2.55. The van der Waals surface area contributed by atoms with E-state index in [2.05, 4.69) is 23.6 Å². The molecule has 1 aromatic carbocycles. The number of likely N-dealkylation sites (tertiary alicyclic amines) is 1. The van der Waals surface area contributed by atoms with Crippen LogP contribution in [0.15, 0.2) is 12.1 Å². The van der Waals surface area contributed by atoms with Gasteiger partial charge in [-0.2, -0.15) is 0 Å². The number of nitrogens with zero attached hydrogens (tertiary/aromatic N) is 2. The molecule has 27 heavy (non-hydrogen) atoms. The summed E-state index contributed by atoms with van der Waals surface area (Å²) in [6, 6.07) is 2.76. The monoisotopic (exact) mass is 380 g/mol. The second-order valence-corrected chi connectivity index (χ2v) is 8.35. The molecule has 0 bridgehead atoms. The summed E-state index contributed by atoms with van der Waals surface area (Å²) >= 11 is 0. The summed E-state index contributed by atoms with van der Waals surface area (Å²) in [5, 5.41) is 0. The van der Waals surface area contributed by atoms with Crippen molar-refractivity contribution in [2.24, 2.45) is 0 Å². The van der Waals surface area contributed by atoms with Gasteiger partial charge in [-0.05, 0) is 52.4 Å². The van der Waals surface area contributed by atoms with Crippen LogP contribution in [-0.2, 0) is 4.74 Å². The van der Waals surface area contributed by atoms with Crippen molar-refractivity contribution in [1.82, 2.24) is 4.90 Å². The molecule has 0 atom stereocenters. The van der Waals surface area contributed by atoms with Gasteiger partial charge in [0.1, 0.15) is 5.75 Å². The molecule has 0 N–H and O–H groups in total. The summed E-state index contributed by atoms with van der Waals surface area (Å²) < 4.78 is 38.5. The van der Waals surface area contributed by atoms with Gasteiger partial charge in [0.2, 0.25) is 0 Å². The Kier molecular flexibility index (Phi) is 5.30. The molecule has 1 aliphatic carbocycles. The average molecular weight is 380 g/mol. The van der Waals surface area contributed by atoms with Crippen LogP contribution in [0.3, 0.4) is 0 Å². The molecule has 4 rings (SSSR count). The number of hydrogen-bond donors (Lipinski definition) is 0. The first kappa shape index (κ1) is 18.9. The quantitative estimate of drug-likeness (QED) is 0.777. The van der Waals surface area contributed by atoms with Crippen molar-refractivity contribution >= 4 is 5.69 Å². The molecule has 2 aliphatic heterocycles. The van der Waals surface area contributed by atoms with Crippen LogP contribution in [0.25, 0.3) is 0 Å². The molecule has 6 heteroatoms. The van der Waals surface area contributed by atoms with E-state index in [1.165, 1.54) is 18.9 Å². The fourth-order valence-electron chi connectivity index (χ4n) is 5.02. The molecule has 0 unspecified atom stereocenters. The van der Waals surface area contributed by atoms with Crippen molar-refractivity contribution in [2.75, 3.05) is 31.3 Å². The third-order valence-electron chi connectivity index (χ3n) is 6.75. The second-order valence-electron chi connectivity index (χ2n) is 8.35. The largest absolute Gasteiger partial charge is 0.471 e. The van der Waals surface area contributed by atoms with Gasteiger partial charge in [-0.3, -0.25) is 4.90 Å². The number of ether oxygens (including phenoxy) is 2. The highest BCUT2D eigenvalue weighted by Crippen LogP contribution is 2.41. The predicted molar refractivity (Wildman–Crippen MR) is 101 cm³/mol. The minimum atomic E-state index is -0.846. The van der Waals surface area contributed by atoms with Crippen molar-refractivity contribution < 1.29 is 18.3 Å². The molecule has 0 radical (unpaired) electrons. The number of benzene rings is 1. The van der Waals surface area contributed by atoms with Crippen LogP contribution in [0.4, 0.5) is 14.5 Å². The number of hydrogen-bond acceptors (Lipinski definition) is 4. The van der Waals surface area contributed by atoms with E-state index in [4.69, 9.17) is 9.47 Å². The molecule has 1 aromatic rings. The van der Waals surface area contributed by atoms with Crippen molar-refractivity contribution in [3.8, 4) is 5.75 Å². The summed E-state index contributed by atoms with van der Waals surface area (Å²) in [7, 11) is 0. The third kappa shape index (κ3) is 3.66. The number of anilines is 1. The van der Waals surface area contributed by atoms with Crippen LogP contribution in [0.2, 0.25) is 0 Å². The smallest absolute Gasteiger partial charge is 0.162 e. The molecule has 0 amide bonds. The third-order valence-corrected chi connectivity index (χ3v) is 6.75. The van der Waals surface area contributed by atoms with Gasteiger partial charge in [0.15, 0.2) is 18.4 Å². The van der Waals surface area contributed by atoms with Crippen LogP contribution < -0.4 is 9.64 Å². The minimum absolute atomic E-state index is 0.257. The Morgan fingerprint density at radius 3 is 2.44 bits per heavy atom. The van der Waals surface area contributed by atoms with Crippen molar-refractivity contribution in [2.45, 2.75) is 70.1 Å². The number of halogens is 2. The first-order chi connectivity index (χ1) is 13.0. The summed E-state index contributed by atoms with van der Waals surface area (Å²) in [6.07, 6.45) is 7.11. The minimum Gasteiger partial charge on any atom is -0.471 e. The van der Waals surface area contributed by atoms with Crippen LogP contribution in [0.5, 0.6) is 5.75 Å². The average Bonchev–Trinajstić information content (AvgIpc) is 3.07. The molecular weight excluding hydrogens is 350 g/mol. The van der Waals surface area contributed by atoms with Crippen LogP contribution in [-0.4, -0.2) is 49.0 Å². The van der Waals surface area contributed by atoms with Crippen LogP contribution in [0, 0.1) is 11.6 Å². The molecular formula is C21H30F2N2O2. The predicted octanol–water partition coefficient (Wildman–Crippen LogP) is 4.32. The first-order valence-electron chi connectivity index (χ1n) is 10.3. The molecule has 4 nitrogen and oxygen atoms in total. The highest BCUT2D eigenvalue weighted by molar-refractivity contribution is 5.62. The molecule has 2 fully saturated rings. The summed E-state index contributed by atoms with van der Waals surface area (Å²) in [5.41, 5.74) is 0.948. The Hall–Kier alpha value is -1.40. The maximum absolute atomic E-state index is 13.7. The van der Waals surface area contributed by atoms with Crippen molar-refractivity contribution in [1.29, 1.82) is 0 Å². The van der Waals surface area contributed by atoms with Crippen molar-refractivity contribution in [3.63, 3.8) is 0 Å². The lowest BCUT2D eigenvalue weighted by atomic mass is 9.79. The molecule has 1 saturated heterocycles. The van der Waals surface area contributed by atoms with E-state index in [-0.39, 0.29) is 5.54 Å². The summed E-state index contributed by atoms with van der Waals surface area (Å²) in [6.45, 7) is 7.72. The standard InChI is InChI=1S/C21H30F2N2O2/c1-3-26-16-4-8-21(2,9-5-16)24-10-6-15(7-11-24)25-14-27-20-13-18(23)17(22)12-19(20)25/h12-13,15-16H,3-11,14H2,1-2H3. The lowest BCUT2D eigenvalue weighted by Gasteiger charge is -2.49. The number of piperidine rings is 1. The number of rotatable bonds is 4. The SMILES string of the molecule is CCOC1CCC(C)(N2CCC(N3COc4cc(F)c(F)cc43)CC2)CC1. The van der Waals surface area contributed by atoms with Crippen molar-refractivity contribution in [3.05, 3.63) is 23.8 Å². The van der Waals surface area contributed by atoms with E-state index < -0.39 is 11.6 Å². The van der Waals surface area contributed by atoms with Gasteiger partial charge in [0.25, 0.3) is 0 Å². The Morgan fingerprint density at radius 2 is 1.78 bits per heavy atom. The van der Waals surface area contributed by atoms with Gasteiger partial charge < -0.3 is 14.4 Å². The molecule has 1 saturated carbocycles. The molecule has 0 aromatic heterocycles. The lowest BCUT2D eigenvalue weighted by molar-refractivity contribution is -0.0252. The highest BCUT2D eigenvalue weighted by Gasteiger charge is 2.40. The molecule has 2 heterocycles. The second kappa shape index (κ2) is 7.55. The van der Waals surface area contributed by atoms with E-state index in [0.29, 0.717) is 30.3 Å². The number of fused-ring (bicyclic) bond motifs is 1. The molecule has 0 spiro atoms. The topological polar surface area (TPSA) is 24.9 Å². The normalized spacial score (nSPS) is 29.6. The maximum atomic E-state index is 13.7. The fraction of sp³-hybridized carbons (Fsp3) is 0.714. The zero-order chi connectivity index (χ0) is 19.0. The van der Waals surface area contributed by atoms with Gasteiger partial charge in [-0.15, -0.1) is 0 Å². The Balaban J connectivity index is 1.36.